The topological polar surface area (TPSA) is 194 Å². The maximum atomic E-state index is 14.3. The third-order valence-electron chi connectivity index (χ3n) is 16.6. The van der Waals surface area contributed by atoms with Gasteiger partial charge in [-0.1, -0.05) is 72.8 Å². The number of benzene rings is 12. The zero-order valence-electron chi connectivity index (χ0n) is 54.7. The van der Waals surface area contributed by atoms with E-state index in [2.05, 4.69) is 4.90 Å². The van der Waals surface area contributed by atoms with E-state index in [1.54, 1.807) is 93.6 Å². The van der Waals surface area contributed by atoms with Crippen LogP contribution in [0.2, 0.25) is 0 Å². The van der Waals surface area contributed by atoms with Gasteiger partial charge in [0.2, 0.25) is 0 Å². The molecule has 0 radical (unpaired) electrons. The van der Waals surface area contributed by atoms with E-state index < -0.39 is 0 Å². The number of methoxy groups -OCH3 is 6. The molecular weight excluding hydrogens is 1220 g/mol. The van der Waals surface area contributed by atoms with Crippen LogP contribution >= 0.6 is 0 Å². The molecule has 12 aromatic carbocycles. The van der Waals surface area contributed by atoms with Gasteiger partial charge >= 0.3 is 0 Å². The molecule has 0 unspecified atom stereocenters. The first-order valence-electron chi connectivity index (χ1n) is 30.7. The fourth-order valence-electron chi connectivity index (χ4n) is 11.4. The number of rotatable bonds is 21. The Morgan fingerprint density at radius 1 is 0.278 bits per heavy atom. The van der Waals surface area contributed by atoms with Crippen molar-refractivity contribution in [3.63, 3.8) is 0 Å². The number of amides is 3. The third kappa shape index (κ3) is 13.3. The molecule has 0 saturated carbocycles. The summed E-state index contributed by atoms with van der Waals surface area (Å²) in [7, 11) is 14.4. The highest BCUT2D eigenvalue weighted by Gasteiger charge is 2.27. The lowest BCUT2D eigenvalue weighted by molar-refractivity contribution is 0.0982. The van der Waals surface area contributed by atoms with Crippen LogP contribution in [0.4, 0.5) is 68.2 Å². The van der Waals surface area contributed by atoms with Crippen LogP contribution in [0.1, 0.15) is 31.1 Å². The van der Waals surface area contributed by atoms with E-state index in [-0.39, 0.29) is 35.0 Å². The summed E-state index contributed by atoms with van der Waals surface area (Å²) in [6.07, 6.45) is 0. The Balaban J connectivity index is 0.889. The van der Waals surface area contributed by atoms with Crippen molar-refractivity contribution < 1.29 is 42.8 Å². The van der Waals surface area contributed by atoms with Gasteiger partial charge in [0, 0.05) is 71.4 Å². The number of azo groups is 3. The molecule has 0 N–H and O–H groups in total. The van der Waals surface area contributed by atoms with Crippen LogP contribution in [0.5, 0.6) is 34.5 Å². The molecule has 0 spiro atoms. The highest BCUT2D eigenvalue weighted by Crippen LogP contribution is 2.46. The van der Waals surface area contributed by atoms with Gasteiger partial charge in [0.05, 0.1) is 76.4 Å². The maximum Gasteiger partial charge on any atom is 0.261 e. The lowest BCUT2D eigenvalue weighted by atomic mass is 10.0. The van der Waals surface area contributed by atoms with Gasteiger partial charge in [-0.05, 0) is 180 Å². The van der Waals surface area contributed by atoms with Crippen molar-refractivity contribution in [1.29, 1.82) is 0 Å². The first kappa shape index (κ1) is 64.3. The van der Waals surface area contributed by atoms with Crippen molar-refractivity contribution in [1.82, 2.24) is 0 Å². The van der Waals surface area contributed by atoms with Crippen LogP contribution in [0, 0.1) is 0 Å². The molecular formula is C78H66N10O9. The normalized spacial score (nSPS) is 11.4. The summed E-state index contributed by atoms with van der Waals surface area (Å²) in [6, 6.07) is 72.8. The molecule has 0 aliphatic rings. The minimum Gasteiger partial charge on any atom is -0.497 e. The second-order valence-electron chi connectivity index (χ2n) is 22.3. The molecule has 0 fully saturated rings. The number of carbonyl (C=O) groups excluding carboxylic acids is 3. The molecule has 482 valence electrons. The fourth-order valence-corrected chi connectivity index (χ4v) is 11.4. The largest absolute Gasteiger partial charge is 0.497 e. The summed E-state index contributed by atoms with van der Waals surface area (Å²) < 4.78 is 34.0. The fraction of sp³-hybridized carbons (Fsp3) is 0.115. The zero-order chi connectivity index (χ0) is 67.7. The van der Waals surface area contributed by atoms with Gasteiger partial charge < -0.3 is 48.0 Å². The molecule has 97 heavy (non-hydrogen) atoms. The van der Waals surface area contributed by atoms with E-state index in [1.165, 1.54) is 21.3 Å². The van der Waals surface area contributed by atoms with Crippen LogP contribution < -0.4 is 48.0 Å². The van der Waals surface area contributed by atoms with E-state index in [0.29, 0.717) is 85.1 Å². The molecule has 0 aromatic heterocycles. The van der Waals surface area contributed by atoms with Gasteiger partial charge in [-0.3, -0.25) is 14.4 Å². The van der Waals surface area contributed by atoms with Gasteiger partial charge in [-0.2, -0.15) is 15.3 Å². The summed E-state index contributed by atoms with van der Waals surface area (Å²) in [5.41, 5.74) is 7.95. The Labute approximate surface area is 560 Å². The summed E-state index contributed by atoms with van der Waals surface area (Å²) >= 11 is 0. The van der Waals surface area contributed by atoms with Gasteiger partial charge in [-0.15, -0.1) is 15.3 Å². The Morgan fingerprint density at radius 3 is 0.753 bits per heavy atom. The number of carbonyl (C=O) groups is 3. The number of hydrogen-bond acceptors (Lipinski definition) is 16. The van der Waals surface area contributed by atoms with E-state index >= 15 is 0 Å². The van der Waals surface area contributed by atoms with Crippen molar-refractivity contribution in [2.45, 2.75) is 0 Å². The highest BCUT2D eigenvalue weighted by molar-refractivity contribution is 6.15. The summed E-state index contributed by atoms with van der Waals surface area (Å²) in [4.78, 5) is 49.7. The first-order valence-corrected chi connectivity index (χ1v) is 30.7. The van der Waals surface area contributed by atoms with E-state index in [1.807, 2.05) is 200 Å². The Hall–Kier alpha value is -12.8. The van der Waals surface area contributed by atoms with Gasteiger partial charge in [0.25, 0.3) is 17.7 Å². The van der Waals surface area contributed by atoms with Crippen LogP contribution in [0.15, 0.2) is 267 Å². The van der Waals surface area contributed by atoms with Crippen molar-refractivity contribution in [2.24, 2.45) is 30.7 Å². The lowest BCUT2D eigenvalue weighted by Crippen LogP contribution is -2.26. The summed E-state index contributed by atoms with van der Waals surface area (Å²) in [6.45, 7) is 0. The van der Waals surface area contributed by atoms with Crippen molar-refractivity contribution in [3.05, 3.63) is 253 Å². The number of hydrogen-bond donors (Lipinski definition) is 0. The van der Waals surface area contributed by atoms with Gasteiger partial charge in [0.1, 0.15) is 34.3 Å². The van der Waals surface area contributed by atoms with Gasteiger partial charge in [0.15, 0.2) is 17.2 Å². The summed E-state index contributed by atoms with van der Waals surface area (Å²) in [5.74, 6) is 1.93. The molecule has 0 aliphatic heterocycles. The quantitative estimate of drug-likeness (QED) is 0.0625. The van der Waals surface area contributed by atoms with E-state index in [0.717, 1.165) is 49.4 Å². The van der Waals surface area contributed by atoms with Crippen molar-refractivity contribution >= 4 is 118 Å². The molecule has 0 atom stereocenters. The Bertz CT molecular complexity index is 4490. The number of fused-ring (bicyclic) bond motifs is 3. The number of anilines is 6. The van der Waals surface area contributed by atoms with Crippen LogP contribution in [0.3, 0.4) is 0 Å². The lowest BCUT2D eigenvalue weighted by Gasteiger charge is -2.25. The second kappa shape index (κ2) is 28.6. The predicted molar refractivity (Wildman–Crippen MR) is 382 cm³/mol. The molecule has 0 bridgehead atoms. The minimum atomic E-state index is -0.301. The van der Waals surface area contributed by atoms with E-state index in [9.17, 15) is 14.4 Å². The molecule has 0 saturated heterocycles. The zero-order valence-corrected chi connectivity index (χ0v) is 54.7. The molecule has 12 rings (SSSR count). The molecule has 3 amide bonds. The van der Waals surface area contributed by atoms with Crippen molar-refractivity contribution in [3.8, 4) is 34.5 Å². The molecule has 19 heteroatoms. The predicted octanol–water partition coefficient (Wildman–Crippen LogP) is 19.7. The van der Waals surface area contributed by atoms with Gasteiger partial charge in [-0.25, -0.2) is 0 Å². The minimum absolute atomic E-state index is 0.274. The Kier molecular flexibility index (Phi) is 19.0. The highest BCUT2D eigenvalue weighted by atomic mass is 16.5. The van der Waals surface area contributed by atoms with E-state index in [4.69, 9.17) is 59.1 Å². The SMILES string of the molecule is COc1ccc(N(C)C(=O)c2cc3ccccc3c(N=Nc3ccc(N(c4ccc(N=Nc5c(OC)c(C(=O)N(C)c6ccc(OC)cc6)cc6ccccc56)cc4)c4ccc(N=Nc5c(OC)c(C(=O)N(C)c6ccc(OC)cc6)cc6ccccc56)cc4)cc3)c2OC)cc1. The van der Waals surface area contributed by atoms with Crippen LogP contribution in [-0.2, 0) is 0 Å². The molecule has 12 aromatic rings. The first-order chi connectivity index (χ1) is 47.3. The molecule has 0 heterocycles. The second-order valence-corrected chi connectivity index (χ2v) is 22.3. The number of nitrogens with zero attached hydrogens (tertiary/aromatic N) is 10. The van der Waals surface area contributed by atoms with Crippen LogP contribution in [0.25, 0.3) is 32.3 Å². The summed E-state index contributed by atoms with van der Waals surface area (Å²) in [5, 5.41) is 33.2. The van der Waals surface area contributed by atoms with Crippen molar-refractivity contribution in [2.75, 3.05) is 83.4 Å². The molecule has 19 nitrogen and oxygen atoms in total. The average Bonchev–Trinajstić information content (AvgIpc) is 0.787. The average molecular weight is 1290 g/mol. The monoisotopic (exact) mass is 1290 g/mol. The Morgan fingerprint density at radius 2 is 0.515 bits per heavy atom. The van der Waals surface area contributed by atoms with Crippen LogP contribution in [-0.4, -0.2) is 81.5 Å². The third-order valence-corrected chi connectivity index (χ3v) is 16.6. The number of ether oxygens (including phenoxy) is 6. The molecule has 0 aliphatic carbocycles. The maximum absolute atomic E-state index is 14.3. The smallest absolute Gasteiger partial charge is 0.261 e. The standard InChI is InChI=1S/C78H66N10O9/c1-85(55-34-40-61(92-4)41-35-55)76(89)67-46-49-16-10-13-19-64(49)70(73(67)95-7)82-79-52-22-28-58(29-23-52)88(59-30-24-53(25-31-59)80-83-71-65-20-14-11-17-50(65)47-68(74(71)96-8)77(90)86(2)56-36-42-62(93-5)43-37-56)60-32-26-54(27-33-60)81-84-72-66-21-15-12-18-51(66)48-69(75(72)97-9)78(91)87(3)57-38-44-63(94-6)45-39-57/h10-48H,1-9H3.